The van der Waals surface area contributed by atoms with Crippen molar-refractivity contribution in [2.75, 3.05) is 10.8 Å². The minimum atomic E-state index is -3.85. The van der Waals surface area contributed by atoms with E-state index in [1.54, 1.807) is 24.3 Å². The topological polar surface area (TPSA) is 78.9 Å². The normalized spacial score (nSPS) is 18.7. The zero-order chi connectivity index (χ0) is 28.4. The van der Waals surface area contributed by atoms with Crippen molar-refractivity contribution in [1.82, 2.24) is 5.32 Å². The number of nitrogens with zero attached hydrogens (tertiary/aromatic N) is 1. The van der Waals surface area contributed by atoms with Crippen molar-refractivity contribution in [3.05, 3.63) is 89.5 Å². The summed E-state index contributed by atoms with van der Waals surface area (Å²) < 4.78 is 35.5. The predicted molar refractivity (Wildman–Crippen MR) is 158 cm³/mol. The molecule has 3 aromatic rings. The summed E-state index contributed by atoms with van der Waals surface area (Å²) in [5.74, 6) is 0.704. The summed E-state index contributed by atoms with van der Waals surface area (Å²) >= 11 is 0. The fraction of sp³-hybridized carbons (Fsp3) is 0.438. The van der Waals surface area contributed by atoms with E-state index in [0.29, 0.717) is 11.4 Å². The fourth-order valence-corrected chi connectivity index (χ4v) is 6.41. The van der Waals surface area contributed by atoms with Crippen LogP contribution in [0.15, 0.2) is 77.7 Å². The number of aliphatic hydroxyl groups excluding tert-OH is 1. The smallest absolute Gasteiger partial charge is 0.264 e. The molecule has 0 saturated carbocycles. The van der Waals surface area contributed by atoms with Crippen LogP contribution in [0, 0.1) is 0 Å². The summed E-state index contributed by atoms with van der Waals surface area (Å²) in [6, 6.07) is 21.7. The Morgan fingerprint density at radius 3 is 2.28 bits per heavy atom. The van der Waals surface area contributed by atoms with Gasteiger partial charge in [-0.3, -0.25) is 4.31 Å². The molecule has 6 nitrogen and oxygen atoms in total. The maximum Gasteiger partial charge on any atom is 0.264 e. The second-order valence-corrected chi connectivity index (χ2v) is 13.8. The highest BCUT2D eigenvalue weighted by molar-refractivity contribution is 7.92. The Bertz CT molecular complexity index is 1360. The fourth-order valence-electron chi connectivity index (χ4n) is 4.93. The first-order chi connectivity index (χ1) is 18.3. The van der Waals surface area contributed by atoms with Crippen LogP contribution >= 0.6 is 0 Å². The summed E-state index contributed by atoms with van der Waals surface area (Å²) in [7, 11) is -3.85. The molecule has 0 amide bonds. The highest BCUT2D eigenvalue weighted by Gasteiger charge is 2.42. The van der Waals surface area contributed by atoms with Crippen molar-refractivity contribution in [2.24, 2.45) is 0 Å². The molecule has 1 aliphatic rings. The van der Waals surface area contributed by atoms with Gasteiger partial charge in [0.1, 0.15) is 17.5 Å². The van der Waals surface area contributed by atoms with Gasteiger partial charge in [0.05, 0.1) is 23.2 Å². The lowest BCUT2D eigenvalue weighted by Gasteiger charge is -2.42. The second kappa shape index (κ2) is 11.3. The minimum absolute atomic E-state index is 0.0471. The second-order valence-electron chi connectivity index (χ2n) is 11.9. The van der Waals surface area contributed by atoms with E-state index in [0.717, 1.165) is 36.1 Å². The van der Waals surface area contributed by atoms with Crippen LogP contribution in [-0.4, -0.2) is 31.8 Å². The van der Waals surface area contributed by atoms with Crippen molar-refractivity contribution in [3.63, 3.8) is 0 Å². The summed E-state index contributed by atoms with van der Waals surface area (Å²) in [5, 5.41) is 14.7. The molecule has 0 unspecified atom stereocenters. The van der Waals surface area contributed by atoms with Crippen molar-refractivity contribution in [3.8, 4) is 5.75 Å². The Morgan fingerprint density at radius 1 is 1.00 bits per heavy atom. The zero-order valence-electron chi connectivity index (χ0n) is 23.9. The average molecular weight is 551 g/mol. The molecule has 2 atom stereocenters. The third-order valence-electron chi connectivity index (χ3n) is 7.38. The summed E-state index contributed by atoms with van der Waals surface area (Å²) in [4.78, 5) is 0.238. The molecule has 0 spiro atoms. The first kappa shape index (κ1) is 29.1. The molecule has 1 heterocycles. The molecule has 4 rings (SSSR count). The van der Waals surface area contributed by atoms with Gasteiger partial charge in [-0.25, -0.2) is 8.42 Å². The molecule has 3 aromatic carbocycles. The average Bonchev–Trinajstić information content (AvgIpc) is 2.89. The van der Waals surface area contributed by atoms with Gasteiger partial charge >= 0.3 is 0 Å². The van der Waals surface area contributed by atoms with Gasteiger partial charge in [-0.15, -0.1) is 0 Å². The number of ether oxygens (including phenoxy) is 1. The van der Waals surface area contributed by atoms with Gasteiger partial charge in [-0.1, -0.05) is 70.5 Å². The Balaban J connectivity index is 1.75. The number of fused-ring (bicyclic) bond motifs is 1. The number of nitrogens with one attached hydrogen (secondary N) is 1. The number of sulfonamides is 1. The minimum Gasteiger partial charge on any atom is -0.485 e. The standard InChI is InChI=1S/C32H42N2O4S/c1-7-8-20-33-29-27-21-23(14-19-28(27)38-32(5,6)30(29)35)22-34(39(36,37)26-12-10-9-11-13-26)25-17-15-24(16-18-25)31(2,3)4/h9-19,21,29-30,33,35H,7-8,20,22H2,1-6H3/t29-,30+/m0/s1. The van der Waals surface area contributed by atoms with E-state index in [-0.39, 0.29) is 22.9 Å². The highest BCUT2D eigenvalue weighted by Crippen LogP contribution is 2.41. The van der Waals surface area contributed by atoms with E-state index >= 15 is 0 Å². The molecular formula is C32H42N2O4S. The van der Waals surface area contributed by atoms with Crippen LogP contribution < -0.4 is 14.4 Å². The lowest BCUT2D eigenvalue weighted by molar-refractivity contribution is -0.0645. The predicted octanol–water partition coefficient (Wildman–Crippen LogP) is 6.34. The SMILES string of the molecule is CCCCN[C@H]1c2cc(CN(c3ccc(C(C)(C)C)cc3)S(=O)(=O)c3ccccc3)ccc2OC(C)(C)[C@@H]1O. The van der Waals surface area contributed by atoms with Gasteiger partial charge in [0.25, 0.3) is 10.0 Å². The highest BCUT2D eigenvalue weighted by atomic mass is 32.2. The van der Waals surface area contributed by atoms with Crippen molar-refractivity contribution >= 4 is 15.7 Å². The van der Waals surface area contributed by atoms with Crippen LogP contribution in [0.3, 0.4) is 0 Å². The maximum absolute atomic E-state index is 13.9. The first-order valence-corrected chi connectivity index (χ1v) is 15.2. The lowest BCUT2D eigenvalue weighted by Crippen LogP contribution is -2.52. The van der Waals surface area contributed by atoms with Crippen molar-refractivity contribution in [1.29, 1.82) is 0 Å². The Kier molecular flexibility index (Phi) is 8.45. The Hall–Kier alpha value is -2.87. The van der Waals surface area contributed by atoms with Crippen LogP contribution in [-0.2, 0) is 22.0 Å². The zero-order valence-corrected chi connectivity index (χ0v) is 24.8. The molecule has 0 bridgehead atoms. The molecular weight excluding hydrogens is 508 g/mol. The lowest BCUT2D eigenvalue weighted by atomic mass is 9.85. The number of unbranched alkanes of at least 4 members (excludes halogenated alkanes) is 1. The first-order valence-electron chi connectivity index (χ1n) is 13.8. The van der Waals surface area contributed by atoms with E-state index in [1.165, 1.54) is 4.31 Å². The van der Waals surface area contributed by atoms with Gasteiger partial charge < -0.3 is 15.2 Å². The molecule has 0 aliphatic carbocycles. The summed E-state index contributed by atoms with van der Waals surface area (Å²) in [6.07, 6.45) is 1.28. The van der Waals surface area contributed by atoms with Crippen LogP contribution in [0.1, 0.15) is 77.1 Å². The molecule has 39 heavy (non-hydrogen) atoms. The number of benzene rings is 3. The van der Waals surface area contributed by atoms with Crippen LogP contribution in [0.4, 0.5) is 5.69 Å². The van der Waals surface area contributed by atoms with E-state index in [4.69, 9.17) is 4.74 Å². The van der Waals surface area contributed by atoms with Crippen molar-refractivity contribution in [2.45, 2.75) is 89.0 Å². The van der Waals surface area contributed by atoms with E-state index in [9.17, 15) is 13.5 Å². The van der Waals surface area contributed by atoms with Crippen LogP contribution in [0.5, 0.6) is 5.75 Å². The van der Waals surface area contributed by atoms with Gasteiger partial charge in [0, 0.05) is 5.56 Å². The monoisotopic (exact) mass is 550 g/mol. The number of hydrogen-bond donors (Lipinski definition) is 2. The molecule has 210 valence electrons. The summed E-state index contributed by atoms with van der Waals surface area (Å²) in [6.45, 7) is 13.2. The molecule has 1 aliphatic heterocycles. The quantitative estimate of drug-likeness (QED) is 0.304. The van der Waals surface area contributed by atoms with E-state index < -0.39 is 21.7 Å². The van der Waals surface area contributed by atoms with E-state index in [1.807, 2.05) is 62.4 Å². The molecule has 7 heteroatoms. The summed E-state index contributed by atoms with van der Waals surface area (Å²) in [5.41, 5.74) is 2.58. The van der Waals surface area contributed by atoms with Gasteiger partial charge in [-0.05, 0) is 79.8 Å². The van der Waals surface area contributed by atoms with Gasteiger partial charge in [0.15, 0.2) is 0 Å². The number of rotatable bonds is 9. The maximum atomic E-state index is 13.9. The van der Waals surface area contributed by atoms with Crippen LogP contribution in [0.2, 0.25) is 0 Å². The van der Waals surface area contributed by atoms with Crippen molar-refractivity contribution < 1.29 is 18.3 Å². The third kappa shape index (κ3) is 6.32. The molecule has 2 N–H and O–H groups in total. The largest absolute Gasteiger partial charge is 0.485 e. The molecule has 0 aromatic heterocycles. The molecule has 0 fully saturated rings. The number of hydrogen-bond acceptors (Lipinski definition) is 5. The third-order valence-corrected chi connectivity index (χ3v) is 9.17. The van der Waals surface area contributed by atoms with Gasteiger partial charge in [-0.2, -0.15) is 0 Å². The molecule has 0 saturated heterocycles. The number of anilines is 1. The van der Waals surface area contributed by atoms with Gasteiger partial charge in [0.2, 0.25) is 0 Å². The van der Waals surface area contributed by atoms with Crippen LogP contribution in [0.25, 0.3) is 0 Å². The number of aliphatic hydroxyl groups is 1. The molecule has 0 radical (unpaired) electrons. The van der Waals surface area contributed by atoms with E-state index in [2.05, 4.69) is 33.0 Å². The Morgan fingerprint density at radius 2 is 1.67 bits per heavy atom. The Labute approximate surface area is 234 Å².